The number of benzene rings is 2. The smallest absolute Gasteiger partial charge is 0.322 e. The van der Waals surface area contributed by atoms with Crippen LogP contribution in [0.4, 0.5) is 0 Å². The number of amides is 2. The lowest BCUT2D eigenvalue weighted by atomic mass is 10.1. The van der Waals surface area contributed by atoms with Crippen LogP contribution in [0.1, 0.15) is 31.8 Å². The van der Waals surface area contributed by atoms with Crippen LogP contribution in [0.2, 0.25) is 0 Å². The molecule has 0 aliphatic carbocycles. The Balaban J connectivity index is 1.50. The fraction of sp³-hybridized carbons (Fsp3) is 0.150. The van der Waals surface area contributed by atoms with E-state index < -0.39 is 41.1 Å². The Bertz CT molecular complexity index is 1060. The number of esters is 1. The monoisotopic (exact) mass is 414 g/mol. The summed E-state index contributed by atoms with van der Waals surface area (Å²) in [5.74, 6) is -2.06. The van der Waals surface area contributed by atoms with Crippen molar-refractivity contribution in [3.05, 3.63) is 76.2 Å². The van der Waals surface area contributed by atoms with Crippen LogP contribution in [0.15, 0.2) is 53.9 Å². The van der Waals surface area contributed by atoms with Crippen molar-refractivity contribution in [1.82, 2.24) is 9.62 Å². The van der Waals surface area contributed by atoms with Gasteiger partial charge in [0.05, 0.1) is 11.1 Å². The van der Waals surface area contributed by atoms with Gasteiger partial charge in [-0.2, -0.15) is 0 Å². The summed E-state index contributed by atoms with van der Waals surface area (Å²) in [5, 5.41) is 0.940. The Morgan fingerprint density at radius 1 is 1.03 bits per heavy atom. The van der Waals surface area contributed by atoms with Gasteiger partial charge in [-0.3, -0.25) is 14.4 Å². The summed E-state index contributed by atoms with van der Waals surface area (Å²) in [6.45, 7) is 0.690. The first-order valence-electron chi connectivity index (χ1n) is 8.62. The molecule has 0 unspecified atom stereocenters. The zero-order chi connectivity index (χ0) is 21.0. The van der Waals surface area contributed by atoms with Crippen LogP contribution in [-0.2, 0) is 19.6 Å². The van der Waals surface area contributed by atoms with Crippen molar-refractivity contribution >= 4 is 33.9 Å². The molecule has 1 aliphatic heterocycles. The lowest BCUT2D eigenvalue weighted by Gasteiger charge is -2.13. The average Bonchev–Trinajstić information content (AvgIpc) is 2.95. The third-order valence-electron chi connectivity index (χ3n) is 4.17. The fourth-order valence-electron chi connectivity index (χ4n) is 2.60. The number of imide groups is 1. The minimum atomic E-state index is -3.87. The van der Waals surface area contributed by atoms with Gasteiger partial charge in [0, 0.05) is 5.41 Å². The fourth-order valence-corrected chi connectivity index (χ4v) is 3.35. The number of fused-ring (bicyclic) bond motifs is 1. The second-order valence-electron chi connectivity index (χ2n) is 6.31. The molecule has 1 N–H and O–H groups in total. The Labute approximate surface area is 167 Å². The number of carbonyl (C=O) groups excluding carboxylic acids is 3. The zero-order valence-electron chi connectivity index (χ0n) is 15.5. The number of hydrogen-bond donors (Lipinski definition) is 1. The van der Waals surface area contributed by atoms with Gasteiger partial charge in [0.15, 0.2) is 6.73 Å². The minimum Gasteiger partial charge on any atom is -0.443 e. The van der Waals surface area contributed by atoms with Crippen LogP contribution in [0, 0.1) is 6.92 Å². The Hall–Kier alpha value is -3.30. The lowest BCUT2D eigenvalue weighted by Crippen LogP contribution is -2.36. The number of ether oxygens (including phenoxy) is 1. The van der Waals surface area contributed by atoms with Crippen LogP contribution in [0.25, 0.3) is 6.08 Å². The van der Waals surface area contributed by atoms with Crippen molar-refractivity contribution in [2.75, 3.05) is 13.3 Å². The largest absolute Gasteiger partial charge is 0.443 e. The molecule has 2 aromatic rings. The van der Waals surface area contributed by atoms with Gasteiger partial charge < -0.3 is 4.74 Å². The normalized spacial score (nSPS) is 13.8. The number of carbonyl (C=O) groups is 3. The van der Waals surface area contributed by atoms with Gasteiger partial charge in [0.2, 0.25) is 10.0 Å². The molecular formula is C20H18N2O6S. The third-order valence-corrected chi connectivity index (χ3v) is 5.21. The van der Waals surface area contributed by atoms with E-state index in [9.17, 15) is 22.8 Å². The van der Waals surface area contributed by atoms with E-state index in [-0.39, 0.29) is 11.1 Å². The molecule has 0 bridgehead atoms. The van der Waals surface area contributed by atoms with Crippen molar-refractivity contribution < 1.29 is 27.5 Å². The summed E-state index contributed by atoms with van der Waals surface area (Å²) < 4.78 is 30.9. The van der Waals surface area contributed by atoms with E-state index in [1.807, 2.05) is 19.1 Å². The summed E-state index contributed by atoms with van der Waals surface area (Å²) in [6, 6.07) is 13.5. The molecule has 0 aromatic heterocycles. The molecule has 29 heavy (non-hydrogen) atoms. The summed E-state index contributed by atoms with van der Waals surface area (Å²) in [5.41, 5.74) is 2.20. The highest BCUT2D eigenvalue weighted by molar-refractivity contribution is 7.92. The summed E-state index contributed by atoms with van der Waals surface area (Å²) in [6.07, 6.45) is 1.39. The molecule has 0 fully saturated rings. The molecule has 1 heterocycles. The Kier molecular flexibility index (Phi) is 5.90. The molecule has 150 valence electrons. The van der Waals surface area contributed by atoms with Gasteiger partial charge in [-0.05, 0) is 30.7 Å². The topological polar surface area (TPSA) is 110 Å². The first-order valence-corrected chi connectivity index (χ1v) is 10.2. The highest BCUT2D eigenvalue weighted by Gasteiger charge is 2.35. The molecule has 2 aromatic carbocycles. The van der Waals surface area contributed by atoms with E-state index in [1.54, 1.807) is 24.3 Å². The van der Waals surface area contributed by atoms with Crippen LogP contribution < -0.4 is 4.72 Å². The second kappa shape index (κ2) is 8.38. The molecule has 0 radical (unpaired) electrons. The number of hydrogen-bond acceptors (Lipinski definition) is 6. The van der Waals surface area contributed by atoms with Crippen molar-refractivity contribution in [2.24, 2.45) is 0 Å². The average molecular weight is 414 g/mol. The molecule has 0 saturated carbocycles. The van der Waals surface area contributed by atoms with Crippen molar-refractivity contribution in [3.63, 3.8) is 0 Å². The van der Waals surface area contributed by atoms with Crippen LogP contribution in [0.3, 0.4) is 0 Å². The number of nitrogens with one attached hydrogen (secondary N) is 1. The molecule has 8 nitrogen and oxygen atoms in total. The van der Waals surface area contributed by atoms with E-state index in [2.05, 4.69) is 4.72 Å². The number of sulfonamides is 1. The summed E-state index contributed by atoms with van der Waals surface area (Å²) >= 11 is 0. The predicted octanol–water partition coefficient (Wildman–Crippen LogP) is 1.68. The van der Waals surface area contributed by atoms with E-state index >= 15 is 0 Å². The second-order valence-corrected chi connectivity index (χ2v) is 7.96. The Morgan fingerprint density at radius 2 is 1.62 bits per heavy atom. The first kappa shape index (κ1) is 20.4. The van der Waals surface area contributed by atoms with Crippen molar-refractivity contribution in [3.8, 4) is 0 Å². The van der Waals surface area contributed by atoms with Gasteiger partial charge in [-0.25, -0.2) is 18.0 Å². The maximum atomic E-state index is 12.2. The van der Waals surface area contributed by atoms with E-state index in [0.29, 0.717) is 5.56 Å². The highest BCUT2D eigenvalue weighted by Crippen LogP contribution is 2.22. The van der Waals surface area contributed by atoms with Gasteiger partial charge >= 0.3 is 5.97 Å². The van der Waals surface area contributed by atoms with E-state index in [4.69, 9.17) is 4.74 Å². The molecule has 1 aliphatic rings. The summed E-state index contributed by atoms with van der Waals surface area (Å²) in [4.78, 5) is 36.9. The molecule has 0 saturated heterocycles. The summed E-state index contributed by atoms with van der Waals surface area (Å²) in [7, 11) is -3.87. The van der Waals surface area contributed by atoms with E-state index in [1.165, 1.54) is 18.2 Å². The molecular weight excluding hydrogens is 396 g/mol. The third kappa shape index (κ3) is 4.95. The zero-order valence-corrected chi connectivity index (χ0v) is 16.3. The van der Waals surface area contributed by atoms with Gasteiger partial charge in [0.1, 0.15) is 6.54 Å². The highest BCUT2D eigenvalue weighted by atomic mass is 32.2. The minimum absolute atomic E-state index is 0.232. The number of aryl methyl sites for hydroxylation is 1. The van der Waals surface area contributed by atoms with Crippen molar-refractivity contribution in [1.29, 1.82) is 0 Å². The molecule has 9 heteroatoms. The number of nitrogens with zero attached hydrogens (tertiary/aromatic N) is 1. The van der Waals surface area contributed by atoms with Crippen LogP contribution in [-0.4, -0.2) is 44.4 Å². The lowest BCUT2D eigenvalue weighted by molar-refractivity contribution is -0.144. The van der Waals surface area contributed by atoms with E-state index in [0.717, 1.165) is 15.9 Å². The van der Waals surface area contributed by atoms with Crippen LogP contribution >= 0.6 is 0 Å². The van der Waals surface area contributed by atoms with Gasteiger partial charge in [-0.15, -0.1) is 0 Å². The molecule has 0 spiro atoms. The standard InChI is InChI=1S/C20H18N2O6S/c1-14-6-8-15(9-7-14)10-11-29(26,27)21-12-18(23)28-13-22-19(24)16-4-2-3-5-17(16)20(22)25/h2-11,21H,12-13H2,1H3/b11-10+. The Morgan fingerprint density at radius 3 is 2.21 bits per heavy atom. The maximum Gasteiger partial charge on any atom is 0.322 e. The molecule has 3 rings (SSSR count). The molecule has 0 atom stereocenters. The molecule has 2 amide bonds. The van der Waals surface area contributed by atoms with Crippen LogP contribution in [0.5, 0.6) is 0 Å². The SMILES string of the molecule is Cc1ccc(/C=C/S(=O)(=O)NCC(=O)OCN2C(=O)c3ccccc3C2=O)cc1. The number of rotatable bonds is 7. The first-order chi connectivity index (χ1) is 13.8. The van der Waals surface area contributed by atoms with Gasteiger partial charge in [-0.1, -0.05) is 42.0 Å². The maximum absolute atomic E-state index is 12.2. The van der Waals surface area contributed by atoms with Gasteiger partial charge in [0.25, 0.3) is 11.8 Å². The quantitative estimate of drug-likeness (QED) is 0.545. The predicted molar refractivity (Wildman–Crippen MR) is 105 cm³/mol. The van der Waals surface area contributed by atoms with Crippen molar-refractivity contribution in [2.45, 2.75) is 6.92 Å².